The van der Waals surface area contributed by atoms with Gasteiger partial charge >= 0.3 is 0 Å². The Morgan fingerprint density at radius 1 is 1.32 bits per heavy atom. The lowest BCUT2D eigenvalue weighted by molar-refractivity contribution is -0.384. The number of nitrogens with zero attached hydrogens (tertiary/aromatic N) is 3. The van der Waals surface area contributed by atoms with E-state index in [-0.39, 0.29) is 5.69 Å². The number of nitriles is 1. The molecular weight excluding hydrogens is 282 g/mol. The zero-order chi connectivity index (χ0) is 15.5. The van der Waals surface area contributed by atoms with Gasteiger partial charge in [0, 0.05) is 31.8 Å². The maximum absolute atomic E-state index is 10.8. The highest BCUT2D eigenvalue weighted by Gasteiger charge is 2.30. The van der Waals surface area contributed by atoms with Crippen LogP contribution in [0.25, 0.3) is 0 Å². The quantitative estimate of drug-likeness (QED) is 0.633. The summed E-state index contributed by atoms with van der Waals surface area (Å²) in [6.07, 6.45) is 4.81. The third-order valence-corrected chi connectivity index (χ3v) is 4.68. The van der Waals surface area contributed by atoms with Crippen LogP contribution in [0.3, 0.4) is 0 Å². The smallest absolute Gasteiger partial charge is 0.270 e. The lowest BCUT2D eigenvalue weighted by atomic mass is 9.89. The van der Waals surface area contributed by atoms with Crippen molar-refractivity contribution < 1.29 is 9.66 Å². The van der Waals surface area contributed by atoms with Crippen molar-refractivity contribution in [2.24, 2.45) is 5.92 Å². The molecule has 0 saturated carbocycles. The first-order chi connectivity index (χ1) is 10.7. The molecule has 6 heteroatoms. The minimum absolute atomic E-state index is 0.0328. The fourth-order valence-electron chi connectivity index (χ4n) is 3.49. The van der Waals surface area contributed by atoms with Gasteiger partial charge in [0.05, 0.1) is 22.3 Å². The number of rotatable bonds is 3. The molecule has 0 spiro atoms. The molecule has 0 amide bonds. The van der Waals surface area contributed by atoms with Gasteiger partial charge in [0.1, 0.15) is 6.07 Å². The van der Waals surface area contributed by atoms with Crippen molar-refractivity contribution in [3.8, 4) is 6.07 Å². The Kier molecular flexibility index (Phi) is 4.25. The van der Waals surface area contributed by atoms with Crippen LogP contribution in [-0.2, 0) is 4.74 Å². The van der Waals surface area contributed by atoms with Gasteiger partial charge in [0.2, 0.25) is 0 Å². The Hall–Kier alpha value is -2.13. The van der Waals surface area contributed by atoms with E-state index in [0.717, 1.165) is 51.1 Å². The van der Waals surface area contributed by atoms with E-state index >= 15 is 0 Å². The highest BCUT2D eigenvalue weighted by molar-refractivity contribution is 5.63. The van der Waals surface area contributed by atoms with Crippen molar-refractivity contribution in [1.29, 1.82) is 5.26 Å². The minimum Gasteiger partial charge on any atom is -0.378 e. The maximum Gasteiger partial charge on any atom is 0.270 e. The van der Waals surface area contributed by atoms with Crippen LogP contribution in [0.1, 0.15) is 31.2 Å². The molecule has 0 radical (unpaired) electrons. The molecule has 1 unspecified atom stereocenters. The largest absolute Gasteiger partial charge is 0.378 e. The van der Waals surface area contributed by atoms with Crippen LogP contribution in [-0.4, -0.2) is 30.7 Å². The van der Waals surface area contributed by atoms with Crippen LogP contribution >= 0.6 is 0 Å². The summed E-state index contributed by atoms with van der Waals surface area (Å²) in [5.74, 6) is 0.599. The normalized spacial score (nSPS) is 22.5. The van der Waals surface area contributed by atoms with Crippen LogP contribution in [0.4, 0.5) is 11.4 Å². The number of ether oxygens (including phenoxy) is 1. The number of hydrogen-bond acceptors (Lipinski definition) is 5. The number of hydrogen-bond donors (Lipinski definition) is 0. The van der Waals surface area contributed by atoms with E-state index in [1.165, 1.54) is 12.1 Å². The average Bonchev–Trinajstić information content (AvgIpc) is 3.09. The third-order valence-electron chi connectivity index (χ3n) is 4.68. The van der Waals surface area contributed by atoms with Crippen molar-refractivity contribution in [3.63, 3.8) is 0 Å². The second-order valence-corrected chi connectivity index (χ2v) is 5.95. The molecule has 2 saturated heterocycles. The molecule has 3 rings (SSSR count). The standard InChI is InChI=1S/C16H19N3O3/c17-11-13-10-14(19(20)21)3-4-15(13)18-7-5-12(6-8-18)16-2-1-9-22-16/h3-4,10,12,16H,1-2,5-9H2. The number of non-ortho nitro benzene ring substituents is 1. The van der Waals surface area contributed by atoms with E-state index in [4.69, 9.17) is 4.74 Å². The Morgan fingerprint density at radius 3 is 2.68 bits per heavy atom. The fraction of sp³-hybridized carbons (Fsp3) is 0.562. The van der Waals surface area contributed by atoms with Crippen LogP contribution in [0, 0.1) is 27.4 Å². The second kappa shape index (κ2) is 6.32. The Labute approximate surface area is 129 Å². The van der Waals surface area contributed by atoms with Crippen molar-refractivity contribution in [2.45, 2.75) is 31.8 Å². The first-order valence-electron chi connectivity index (χ1n) is 7.74. The summed E-state index contributed by atoms with van der Waals surface area (Å²) in [5.41, 5.74) is 1.15. The summed E-state index contributed by atoms with van der Waals surface area (Å²) in [7, 11) is 0. The molecule has 0 aromatic heterocycles. The van der Waals surface area contributed by atoms with Gasteiger partial charge in [-0.25, -0.2) is 0 Å². The van der Waals surface area contributed by atoms with E-state index in [2.05, 4.69) is 11.0 Å². The summed E-state index contributed by atoms with van der Waals surface area (Å²) >= 11 is 0. The Morgan fingerprint density at radius 2 is 2.09 bits per heavy atom. The summed E-state index contributed by atoms with van der Waals surface area (Å²) in [4.78, 5) is 12.5. The predicted octanol–water partition coefficient (Wildman–Crippen LogP) is 2.86. The summed E-state index contributed by atoms with van der Waals surface area (Å²) in [6.45, 7) is 2.62. The van der Waals surface area contributed by atoms with Gasteiger partial charge in [-0.1, -0.05) is 0 Å². The monoisotopic (exact) mass is 301 g/mol. The molecule has 0 aliphatic carbocycles. The highest BCUT2D eigenvalue weighted by atomic mass is 16.6. The zero-order valence-electron chi connectivity index (χ0n) is 12.4. The zero-order valence-corrected chi connectivity index (χ0v) is 12.4. The fourth-order valence-corrected chi connectivity index (χ4v) is 3.49. The molecule has 0 N–H and O–H groups in total. The number of benzene rings is 1. The van der Waals surface area contributed by atoms with Gasteiger partial charge in [-0.15, -0.1) is 0 Å². The molecule has 2 aliphatic rings. The molecular formula is C16H19N3O3. The van der Waals surface area contributed by atoms with Gasteiger partial charge in [0.15, 0.2) is 0 Å². The molecule has 6 nitrogen and oxygen atoms in total. The lowest BCUT2D eigenvalue weighted by Gasteiger charge is -2.36. The molecule has 2 fully saturated rings. The molecule has 0 bridgehead atoms. The summed E-state index contributed by atoms with van der Waals surface area (Å²) in [5, 5.41) is 20.1. The summed E-state index contributed by atoms with van der Waals surface area (Å²) < 4.78 is 5.77. The van der Waals surface area contributed by atoms with Gasteiger partial charge in [-0.2, -0.15) is 5.26 Å². The van der Waals surface area contributed by atoms with Crippen molar-refractivity contribution in [1.82, 2.24) is 0 Å². The third kappa shape index (κ3) is 2.90. The maximum atomic E-state index is 10.8. The van der Waals surface area contributed by atoms with Crippen LogP contribution in [0.5, 0.6) is 0 Å². The molecule has 22 heavy (non-hydrogen) atoms. The minimum atomic E-state index is -0.464. The van der Waals surface area contributed by atoms with Crippen LogP contribution < -0.4 is 4.90 Å². The molecule has 1 aromatic rings. The van der Waals surface area contributed by atoms with Gasteiger partial charge < -0.3 is 9.64 Å². The number of nitro groups is 1. The molecule has 2 aliphatic heterocycles. The first kappa shape index (κ1) is 14.8. The lowest BCUT2D eigenvalue weighted by Crippen LogP contribution is -2.38. The van der Waals surface area contributed by atoms with E-state index in [0.29, 0.717) is 17.6 Å². The molecule has 1 atom stereocenters. The van der Waals surface area contributed by atoms with Crippen LogP contribution in [0.2, 0.25) is 0 Å². The van der Waals surface area contributed by atoms with Gasteiger partial charge in [-0.3, -0.25) is 10.1 Å². The number of anilines is 1. The molecule has 2 heterocycles. The van der Waals surface area contributed by atoms with E-state index in [1.54, 1.807) is 6.07 Å². The molecule has 116 valence electrons. The summed E-state index contributed by atoms with van der Waals surface area (Å²) in [6, 6.07) is 6.62. The number of nitro benzene ring substituents is 1. The van der Waals surface area contributed by atoms with Crippen molar-refractivity contribution in [2.75, 3.05) is 24.6 Å². The second-order valence-electron chi connectivity index (χ2n) is 5.95. The van der Waals surface area contributed by atoms with E-state index in [1.807, 2.05) is 0 Å². The van der Waals surface area contributed by atoms with Crippen molar-refractivity contribution >= 4 is 11.4 Å². The van der Waals surface area contributed by atoms with E-state index < -0.39 is 4.92 Å². The predicted molar refractivity (Wildman–Crippen MR) is 81.7 cm³/mol. The van der Waals surface area contributed by atoms with Gasteiger partial charge in [-0.05, 0) is 37.7 Å². The number of piperidine rings is 1. The van der Waals surface area contributed by atoms with E-state index in [9.17, 15) is 15.4 Å². The topological polar surface area (TPSA) is 79.4 Å². The first-order valence-corrected chi connectivity index (χ1v) is 7.74. The average molecular weight is 301 g/mol. The van der Waals surface area contributed by atoms with Crippen LogP contribution in [0.15, 0.2) is 18.2 Å². The SMILES string of the molecule is N#Cc1cc([N+](=O)[O-])ccc1N1CCC(C2CCCO2)CC1. The van der Waals surface area contributed by atoms with Gasteiger partial charge in [0.25, 0.3) is 5.69 Å². The Bertz CT molecular complexity index is 597. The Balaban J connectivity index is 1.70. The van der Waals surface area contributed by atoms with Crippen molar-refractivity contribution in [3.05, 3.63) is 33.9 Å². The highest BCUT2D eigenvalue weighted by Crippen LogP contribution is 2.32. The molecule has 1 aromatic carbocycles.